The van der Waals surface area contributed by atoms with Crippen molar-refractivity contribution in [2.75, 3.05) is 11.5 Å². The molecule has 2 heteroatoms. The van der Waals surface area contributed by atoms with Crippen LogP contribution in [0.1, 0.15) is 186 Å². The largest absolute Gasteiger partial charge is 0.399 e. The van der Waals surface area contributed by atoms with E-state index in [0.29, 0.717) is 11.8 Å². The molecule has 2 nitrogen and oxygen atoms in total. The molecule has 0 aromatic heterocycles. The summed E-state index contributed by atoms with van der Waals surface area (Å²) in [7, 11) is 0. The molecule has 0 radical (unpaired) electrons. The van der Waals surface area contributed by atoms with Gasteiger partial charge in [0.05, 0.1) is 0 Å². The van der Waals surface area contributed by atoms with Gasteiger partial charge < -0.3 is 11.5 Å². The van der Waals surface area contributed by atoms with Gasteiger partial charge in [-0.15, -0.1) is 0 Å². The second-order valence-electron chi connectivity index (χ2n) is 16.4. The van der Waals surface area contributed by atoms with E-state index in [-0.39, 0.29) is 5.41 Å². The first kappa shape index (κ1) is 39.7. The van der Waals surface area contributed by atoms with Crippen LogP contribution < -0.4 is 11.5 Å². The predicted octanol–water partition coefficient (Wildman–Crippen LogP) is 14.3. The summed E-state index contributed by atoms with van der Waals surface area (Å²) in [4.78, 5) is 0. The number of hydrogen-bond acceptors (Lipinski definition) is 2. The van der Waals surface area contributed by atoms with E-state index in [9.17, 15) is 0 Å². The fourth-order valence-electron chi connectivity index (χ4n) is 9.64. The molecule has 0 saturated heterocycles. The quantitative estimate of drug-likeness (QED) is 0.0756. The topological polar surface area (TPSA) is 52.0 Å². The molecule has 0 amide bonds. The first-order valence-corrected chi connectivity index (χ1v) is 21.2. The van der Waals surface area contributed by atoms with E-state index in [1.807, 2.05) is 0 Å². The Morgan fingerprint density at radius 2 is 0.942 bits per heavy atom. The zero-order valence-corrected chi connectivity index (χ0v) is 33.5. The zero-order chi connectivity index (χ0) is 36.9. The highest BCUT2D eigenvalue weighted by Crippen LogP contribution is 2.48. The van der Waals surface area contributed by atoms with Crippen LogP contribution in [0.25, 0.3) is 0 Å². The summed E-state index contributed by atoms with van der Waals surface area (Å²) in [5.41, 5.74) is 25.2. The van der Waals surface area contributed by atoms with Crippen molar-refractivity contribution in [3.8, 4) is 0 Å². The summed E-state index contributed by atoms with van der Waals surface area (Å²) in [5, 5.41) is 0. The molecule has 1 saturated carbocycles. The highest BCUT2D eigenvalue weighted by Gasteiger charge is 2.38. The first-order chi connectivity index (χ1) is 25.3. The average molecular weight is 699 g/mol. The van der Waals surface area contributed by atoms with Gasteiger partial charge in [-0.3, -0.25) is 0 Å². The van der Waals surface area contributed by atoms with Crippen molar-refractivity contribution < 1.29 is 0 Å². The number of nitrogen functional groups attached to an aromatic ring is 2. The Bertz CT molecular complexity index is 1540. The van der Waals surface area contributed by atoms with Gasteiger partial charge >= 0.3 is 0 Å². The molecule has 52 heavy (non-hydrogen) atoms. The molecule has 0 spiro atoms. The lowest BCUT2D eigenvalue weighted by molar-refractivity contribution is 0.250. The lowest BCUT2D eigenvalue weighted by Crippen LogP contribution is -2.33. The second-order valence-corrected chi connectivity index (χ2v) is 16.4. The number of rotatable bonds is 19. The molecule has 0 heterocycles. The van der Waals surface area contributed by atoms with Crippen molar-refractivity contribution in [1.82, 2.24) is 0 Å². The molecule has 2 atom stereocenters. The highest BCUT2D eigenvalue weighted by atomic mass is 14.5. The number of aryl methyl sites for hydroxylation is 2. The maximum absolute atomic E-state index is 6.13. The van der Waals surface area contributed by atoms with E-state index in [1.54, 1.807) is 0 Å². The Hall–Kier alpha value is -3.52. The summed E-state index contributed by atoms with van der Waals surface area (Å²) < 4.78 is 0. The third-order valence-electron chi connectivity index (χ3n) is 12.8. The minimum Gasteiger partial charge on any atom is -0.399 e. The van der Waals surface area contributed by atoms with Gasteiger partial charge in [-0.25, -0.2) is 0 Å². The Balaban J connectivity index is 1.32. The van der Waals surface area contributed by atoms with Crippen molar-refractivity contribution in [2.24, 2.45) is 5.92 Å². The molecular formula is C50H70N2. The number of hydrogen-bond donors (Lipinski definition) is 2. The van der Waals surface area contributed by atoms with Crippen molar-refractivity contribution in [1.29, 1.82) is 0 Å². The van der Waals surface area contributed by atoms with Crippen LogP contribution in [0, 0.1) is 19.8 Å². The Kier molecular flexibility index (Phi) is 14.9. The molecular weight excluding hydrogens is 629 g/mol. The number of unbranched alkanes of at least 4 members (excludes halogenated alkanes) is 9. The molecule has 5 rings (SSSR count). The molecule has 4 aromatic carbocycles. The summed E-state index contributed by atoms with van der Waals surface area (Å²) in [6.45, 7) is 11.3. The van der Waals surface area contributed by atoms with E-state index >= 15 is 0 Å². The maximum atomic E-state index is 6.13. The molecule has 1 aliphatic carbocycles. The van der Waals surface area contributed by atoms with E-state index in [0.717, 1.165) is 30.1 Å². The normalized spacial score (nSPS) is 18.7. The first-order valence-electron chi connectivity index (χ1n) is 21.2. The van der Waals surface area contributed by atoms with Gasteiger partial charge in [0.1, 0.15) is 0 Å². The lowest BCUT2D eigenvalue weighted by Gasteiger charge is -2.42. The van der Waals surface area contributed by atoms with Crippen LogP contribution in [0.5, 0.6) is 0 Å². The number of nitrogens with two attached hydrogens (primary N) is 2. The van der Waals surface area contributed by atoms with Crippen molar-refractivity contribution in [3.05, 3.63) is 129 Å². The maximum Gasteiger partial charge on any atom is 0.0316 e. The summed E-state index contributed by atoms with van der Waals surface area (Å²) >= 11 is 0. The molecule has 2 unspecified atom stereocenters. The van der Waals surface area contributed by atoms with Gasteiger partial charge in [0, 0.05) is 28.6 Å². The fourth-order valence-corrected chi connectivity index (χ4v) is 9.64. The molecule has 1 fully saturated rings. The number of benzene rings is 4. The third-order valence-corrected chi connectivity index (χ3v) is 12.8. The van der Waals surface area contributed by atoms with Gasteiger partial charge in [0.25, 0.3) is 0 Å². The molecule has 4 N–H and O–H groups in total. The van der Waals surface area contributed by atoms with Crippen molar-refractivity contribution in [3.63, 3.8) is 0 Å². The van der Waals surface area contributed by atoms with Crippen molar-refractivity contribution in [2.45, 2.75) is 161 Å². The van der Waals surface area contributed by atoms with Crippen LogP contribution in [0.4, 0.5) is 11.4 Å². The zero-order valence-electron chi connectivity index (χ0n) is 33.5. The van der Waals surface area contributed by atoms with Crippen LogP contribution >= 0.6 is 0 Å². The molecule has 280 valence electrons. The van der Waals surface area contributed by atoms with Crippen LogP contribution in [0.15, 0.2) is 84.9 Å². The van der Waals surface area contributed by atoms with E-state index in [4.69, 9.17) is 11.5 Å². The van der Waals surface area contributed by atoms with E-state index < -0.39 is 0 Å². The Labute approximate surface area is 318 Å². The minimum absolute atomic E-state index is 0.0585. The van der Waals surface area contributed by atoms with Gasteiger partial charge in [0.15, 0.2) is 0 Å². The van der Waals surface area contributed by atoms with Crippen LogP contribution in [0.3, 0.4) is 0 Å². The Morgan fingerprint density at radius 1 is 0.538 bits per heavy atom. The monoisotopic (exact) mass is 699 g/mol. The van der Waals surface area contributed by atoms with Crippen LogP contribution in [0.2, 0.25) is 0 Å². The van der Waals surface area contributed by atoms with E-state index in [2.05, 4.69) is 120 Å². The van der Waals surface area contributed by atoms with Crippen molar-refractivity contribution >= 4 is 11.4 Å². The summed E-state index contributed by atoms with van der Waals surface area (Å²) in [5.74, 6) is 1.62. The lowest BCUT2D eigenvalue weighted by atomic mass is 9.62. The van der Waals surface area contributed by atoms with Gasteiger partial charge in [-0.1, -0.05) is 152 Å². The predicted molar refractivity (Wildman–Crippen MR) is 228 cm³/mol. The molecule has 0 aliphatic heterocycles. The molecule has 1 aliphatic rings. The van der Waals surface area contributed by atoms with Gasteiger partial charge in [0.2, 0.25) is 0 Å². The number of anilines is 2. The minimum atomic E-state index is 0.0585. The average Bonchev–Trinajstić information content (AvgIpc) is 3.15. The van der Waals surface area contributed by atoms with Gasteiger partial charge in [-0.05, 0) is 127 Å². The third kappa shape index (κ3) is 9.91. The molecule has 0 bridgehead atoms. The summed E-state index contributed by atoms with van der Waals surface area (Å²) in [6, 6.07) is 32.5. The second kappa shape index (κ2) is 19.5. The SMILES string of the molecule is CCCCCCCCCCCCC1CCC(c2ccc(C(CC)c3ccc(N)cc3C)cc2)(c2ccc(C(CC)c3ccc(N)cc3C)cc2)CC1. The highest BCUT2D eigenvalue weighted by molar-refractivity contribution is 5.50. The Morgan fingerprint density at radius 3 is 1.33 bits per heavy atom. The van der Waals surface area contributed by atoms with Crippen LogP contribution in [-0.4, -0.2) is 0 Å². The van der Waals surface area contributed by atoms with Gasteiger partial charge in [-0.2, -0.15) is 0 Å². The molecule has 4 aromatic rings. The summed E-state index contributed by atoms with van der Waals surface area (Å²) in [6.07, 6.45) is 22.8. The van der Waals surface area contributed by atoms with E-state index in [1.165, 1.54) is 141 Å². The fraction of sp³-hybridized carbons (Fsp3) is 0.520. The van der Waals surface area contributed by atoms with Crippen LogP contribution in [-0.2, 0) is 5.41 Å². The smallest absolute Gasteiger partial charge is 0.0316 e. The standard InChI is InChI=1S/C50H70N2/c1-6-9-10-11-12-13-14-15-16-17-18-39-31-33-50(34-32-39,42-23-19-40(20-24-42)46(7-2)48-29-27-44(51)35-37(48)4)43-25-21-41(22-26-43)47(8-3)49-30-28-45(52)36-38(49)5/h19-30,35-36,39,46-47H,6-18,31-34,51-52H2,1-5H3.